The van der Waals surface area contributed by atoms with Crippen LogP contribution in [0.4, 0.5) is 0 Å². The molecule has 5 fully saturated rings. The van der Waals surface area contributed by atoms with Crippen molar-refractivity contribution in [3.63, 3.8) is 0 Å². The highest BCUT2D eigenvalue weighted by molar-refractivity contribution is 5.87. The summed E-state index contributed by atoms with van der Waals surface area (Å²) in [5.74, 6) is -2.49. The molecule has 33 heavy (non-hydrogen) atoms. The first-order valence-corrected chi connectivity index (χ1v) is 12.5. The summed E-state index contributed by atoms with van der Waals surface area (Å²) >= 11 is 0. The minimum Gasteiger partial charge on any atom is -0.459 e. The molecule has 7 atom stereocenters. The van der Waals surface area contributed by atoms with Crippen molar-refractivity contribution in [2.24, 2.45) is 17.8 Å². The van der Waals surface area contributed by atoms with Gasteiger partial charge in [0.15, 0.2) is 12.2 Å². The maximum absolute atomic E-state index is 13.5. The fourth-order valence-electron chi connectivity index (χ4n) is 6.33. The van der Waals surface area contributed by atoms with E-state index in [1.54, 1.807) is 0 Å². The molecule has 9 heteroatoms. The summed E-state index contributed by atoms with van der Waals surface area (Å²) in [7, 11) is 0. The van der Waals surface area contributed by atoms with E-state index in [0.717, 1.165) is 25.7 Å². The number of carbonyl (C=O) groups is 3. The van der Waals surface area contributed by atoms with Crippen molar-refractivity contribution >= 4 is 17.9 Å². The van der Waals surface area contributed by atoms with Gasteiger partial charge in [0.25, 0.3) is 0 Å². The maximum Gasteiger partial charge on any atom is 0.320 e. The van der Waals surface area contributed by atoms with Crippen LogP contribution >= 0.6 is 0 Å². The minimum absolute atomic E-state index is 0.131. The highest BCUT2D eigenvalue weighted by Crippen LogP contribution is 2.52. The fourth-order valence-corrected chi connectivity index (χ4v) is 6.33. The van der Waals surface area contributed by atoms with Crippen LogP contribution in [0.5, 0.6) is 0 Å². The van der Waals surface area contributed by atoms with Gasteiger partial charge in [0.1, 0.15) is 29.6 Å². The van der Waals surface area contributed by atoms with Crippen LogP contribution in [-0.2, 0) is 38.1 Å². The van der Waals surface area contributed by atoms with Crippen LogP contribution in [0.1, 0.15) is 52.4 Å². The van der Waals surface area contributed by atoms with Gasteiger partial charge < -0.3 is 23.7 Å². The van der Waals surface area contributed by atoms with Crippen molar-refractivity contribution in [1.82, 2.24) is 4.90 Å². The Bertz CT molecular complexity index is 776. The summed E-state index contributed by atoms with van der Waals surface area (Å²) in [5.41, 5.74) is -0.580. The number of hydrogen-bond acceptors (Lipinski definition) is 9. The average molecular weight is 466 g/mol. The molecule has 0 aromatic carbocycles. The molecular formula is C24H35NO8. The lowest BCUT2D eigenvalue weighted by Crippen LogP contribution is -2.51. The monoisotopic (exact) mass is 465 g/mol. The molecule has 4 heterocycles. The number of nitrogens with zero attached hydrogens (tertiary/aromatic N) is 1. The van der Waals surface area contributed by atoms with E-state index in [9.17, 15) is 14.4 Å². The number of ether oxygens (including phenoxy) is 5. The van der Waals surface area contributed by atoms with E-state index in [1.165, 1.54) is 6.42 Å². The van der Waals surface area contributed by atoms with Gasteiger partial charge in [0, 0.05) is 13.1 Å². The molecular weight excluding hydrogens is 430 g/mol. The Morgan fingerprint density at radius 2 is 1.82 bits per heavy atom. The van der Waals surface area contributed by atoms with E-state index >= 15 is 0 Å². The third kappa shape index (κ3) is 4.17. The first-order chi connectivity index (χ1) is 15.9. The molecule has 0 spiro atoms. The van der Waals surface area contributed by atoms with E-state index in [1.807, 2.05) is 18.7 Å². The van der Waals surface area contributed by atoms with Crippen molar-refractivity contribution in [1.29, 1.82) is 0 Å². The van der Waals surface area contributed by atoms with Gasteiger partial charge in [-0.3, -0.25) is 19.3 Å². The summed E-state index contributed by atoms with van der Waals surface area (Å²) in [6, 6.07) is 0. The van der Waals surface area contributed by atoms with E-state index in [-0.39, 0.29) is 6.54 Å². The quantitative estimate of drug-likeness (QED) is 0.409. The number of fused-ring (bicyclic) bond motifs is 1. The zero-order valence-electron chi connectivity index (χ0n) is 19.5. The van der Waals surface area contributed by atoms with Crippen LogP contribution in [-0.4, -0.2) is 85.7 Å². The Morgan fingerprint density at radius 3 is 2.52 bits per heavy atom. The van der Waals surface area contributed by atoms with Gasteiger partial charge in [0.2, 0.25) is 0 Å². The molecule has 1 saturated carbocycles. The summed E-state index contributed by atoms with van der Waals surface area (Å²) in [4.78, 5) is 40.7. The summed E-state index contributed by atoms with van der Waals surface area (Å²) in [5, 5.41) is 0. The second-order valence-corrected chi connectivity index (χ2v) is 10.3. The highest BCUT2D eigenvalue weighted by atomic mass is 16.7. The molecule has 0 aromatic heterocycles. The van der Waals surface area contributed by atoms with Crippen LogP contribution in [0.25, 0.3) is 0 Å². The Kier molecular flexibility index (Phi) is 6.39. The Hall–Kier alpha value is -1.71. The van der Waals surface area contributed by atoms with Gasteiger partial charge in [-0.05, 0) is 32.1 Å². The van der Waals surface area contributed by atoms with Gasteiger partial charge in [-0.25, -0.2) is 0 Å². The molecule has 184 valence electrons. The zero-order valence-corrected chi connectivity index (χ0v) is 19.5. The number of esters is 3. The van der Waals surface area contributed by atoms with Crippen molar-refractivity contribution in [2.75, 3.05) is 32.8 Å². The Balaban J connectivity index is 1.28. The van der Waals surface area contributed by atoms with Crippen LogP contribution in [0.3, 0.4) is 0 Å². The smallest absolute Gasteiger partial charge is 0.320 e. The number of hydrogen-bond donors (Lipinski definition) is 0. The third-order valence-electron chi connectivity index (χ3n) is 8.41. The second kappa shape index (κ2) is 9.15. The normalized spacial score (nSPS) is 38.1. The van der Waals surface area contributed by atoms with Crippen molar-refractivity contribution < 1.29 is 38.1 Å². The molecule has 0 amide bonds. The highest BCUT2D eigenvalue weighted by Gasteiger charge is 2.72. The second-order valence-electron chi connectivity index (χ2n) is 10.3. The Labute approximate surface area is 194 Å². The molecule has 1 aliphatic carbocycles. The molecule has 0 N–H and O–H groups in total. The predicted molar refractivity (Wildman–Crippen MR) is 114 cm³/mol. The lowest BCUT2D eigenvalue weighted by molar-refractivity contribution is -0.179. The Morgan fingerprint density at radius 1 is 1.09 bits per heavy atom. The predicted octanol–water partition coefficient (Wildman–Crippen LogP) is 1.46. The average Bonchev–Trinajstić information content (AvgIpc) is 3.44. The lowest BCUT2D eigenvalue weighted by Gasteiger charge is -2.40. The third-order valence-corrected chi connectivity index (χ3v) is 8.41. The van der Waals surface area contributed by atoms with E-state index in [0.29, 0.717) is 38.6 Å². The number of rotatable bonds is 7. The first-order valence-electron chi connectivity index (χ1n) is 12.5. The molecule has 0 radical (unpaired) electrons. The molecule has 5 rings (SSSR count). The number of carbonyl (C=O) groups excluding carboxylic acids is 3. The van der Waals surface area contributed by atoms with E-state index in [2.05, 4.69) is 0 Å². The molecule has 4 aliphatic heterocycles. The number of morpholine rings is 1. The molecule has 5 aliphatic rings. The standard InChI is InChI=1S/C24H35NO8/c1-3-24(2,14-7-5-4-6-8-14)33-23(28)17-16-18-21(32-22(16)27)20(19(17)31-18)30-15(26)13-25-9-11-29-12-10-25/h14,16-21H,3-13H2,1-2H3. The van der Waals surface area contributed by atoms with Gasteiger partial charge in [-0.15, -0.1) is 0 Å². The summed E-state index contributed by atoms with van der Waals surface area (Å²) in [6.45, 7) is 6.66. The van der Waals surface area contributed by atoms with Gasteiger partial charge in [0.05, 0.1) is 19.8 Å². The summed E-state index contributed by atoms with van der Waals surface area (Å²) in [6.07, 6.45) is 3.58. The first kappa shape index (κ1) is 23.1. The van der Waals surface area contributed by atoms with Gasteiger partial charge >= 0.3 is 17.9 Å². The minimum atomic E-state index is -0.808. The summed E-state index contributed by atoms with van der Waals surface area (Å²) < 4.78 is 28.7. The maximum atomic E-state index is 13.5. The largest absolute Gasteiger partial charge is 0.459 e. The molecule has 2 bridgehead atoms. The lowest BCUT2D eigenvalue weighted by atomic mass is 9.75. The van der Waals surface area contributed by atoms with Crippen molar-refractivity contribution in [2.45, 2.75) is 82.4 Å². The fraction of sp³-hybridized carbons (Fsp3) is 0.875. The zero-order chi connectivity index (χ0) is 23.2. The van der Waals surface area contributed by atoms with Gasteiger partial charge in [-0.2, -0.15) is 0 Å². The van der Waals surface area contributed by atoms with E-state index < -0.39 is 59.8 Å². The van der Waals surface area contributed by atoms with Crippen LogP contribution in [0, 0.1) is 17.8 Å². The molecule has 0 aromatic rings. The molecule has 4 saturated heterocycles. The van der Waals surface area contributed by atoms with Gasteiger partial charge in [-0.1, -0.05) is 26.2 Å². The SMILES string of the molecule is CCC(C)(OC(=O)C1C2OC3C(OC(=O)C31)C2OC(=O)CN1CCOCC1)C1CCCCC1. The molecule has 7 unspecified atom stereocenters. The van der Waals surface area contributed by atoms with Crippen molar-refractivity contribution in [3.05, 3.63) is 0 Å². The van der Waals surface area contributed by atoms with Crippen LogP contribution < -0.4 is 0 Å². The van der Waals surface area contributed by atoms with Crippen LogP contribution in [0.15, 0.2) is 0 Å². The van der Waals surface area contributed by atoms with Crippen molar-refractivity contribution in [3.8, 4) is 0 Å². The van der Waals surface area contributed by atoms with E-state index in [4.69, 9.17) is 23.7 Å². The topological polar surface area (TPSA) is 101 Å². The van der Waals surface area contributed by atoms with Crippen LogP contribution in [0.2, 0.25) is 0 Å². The molecule has 9 nitrogen and oxygen atoms in total.